The van der Waals surface area contributed by atoms with Gasteiger partial charge in [0.2, 0.25) is 0 Å². The van der Waals surface area contributed by atoms with E-state index in [-0.39, 0.29) is 17.7 Å². The van der Waals surface area contributed by atoms with Gasteiger partial charge in [0.1, 0.15) is 29.2 Å². The highest BCUT2D eigenvalue weighted by atomic mass is 32.2. The van der Waals surface area contributed by atoms with Crippen molar-refractivity contribution in [3.05, 3.63) is 77.6 Å². The van der Waals surface area contributed by atoms with Gasteiger partial charge >= 0.3 is 5.97 Å². The molecule has 202 valence electrons. The van der Waals surface area contributed by atoms with Crippen LogP contribution in [-0.4, -0.2) is 24.9 Å². The standard InChI is InChI=1S/C32H37FO4S/c1-5-36-32(34)18-25(15-22-9-10-22)24-7-6-8-27(17-24)37-20-23-11-13-28(31(16-23)38-21(2)3)29-19-26(35-4)12-14-30(29)33/h6-8,11-14,16-17,19,21-22,25H,5,9-10,15,18,20H2,1-4H3/p+1. The fraction of sp³-hybridized carbons (Fsp3) is 0.406. The molecule has 38 heavy (non-hydrogen) atoms. The van der Waals surface area contributed by atoms with Gasteiger partial charge in [0.05, 0.1) is 20.1 Å². The van der Waals surface area contributed by atoms with Gasteiger partial charge in [-0.25, -0.2) is 4.39 Å². The van der Waals surface area contributed by atoms with E-state index in [2.05, 4.69) is 32.0 Å². The van der Waals surface area contributed by atoms with Crippen LogP contribution in [0.3, 0.4) is 0 Å². The smallest absolute Gasteiger partial charge is 0.306 e. The van der Waals surface area contributed by atoms with Gasteiger partial charge < -0.3 is 14.2 Å². The van der Waals surface area contributed by atoms with Gasteiger partial charge in [0.15, 0.2) is 4.90 Å². The van der Waals surface area contributed by atoms with Gasteiger partial charge in [0, 0.05) is 29.0 Å². The summed E-state index contributed by atoms with van der Waals surface area (Å²) in [4.78, 5) is 13.3. The molecule has 0 radical (unpaired) electrons. The van der Waals surface area contributed by atoms with Crippen LogP contribution in [0.1, 0.15) is 63.5 Å². The number of ether oxygens (including phenoxy) is 3. The van der Waals surface area contributed by atoms with E-state index < -0.39 is 0 Å². The van der Waals surface area contributed by atoms with E-state index in [0.29, 0.717) is 42.1 Å². The lowest BCUT2D eigenvalue weighted by molar-refractivity contribution is -0.143. The highest BCUT2D eigenvalue weighted by Crippen LogP contribution is 2.41. The van der Waals surface area contributed by atoms with Crippen molar-refractivity contribution in [3.63, 3.8) is 0 Å². The van der Waals surface area contributed by atoms with E-state index in [4.69, 9.17) is 14.2 Å². The van der Waals surface area contributed by atoms with E-state index in [1.165, 1.54) is 18.9 Å². The van der Waals surface area contributed by atoms with Crippen LogP contribution >= 0.6 is 0 Å². The summed E-state index contributed by atoms with van der Waals surface area (Å²) in [5, 5.41) is 0.387. The average molecular weight is 538 g/mol. The van der Waals surface area contributed by atoms with Crippen LogP contribution < -0.4 is 9.47 Å². The minimum atomic E-state index is -0.268. The molecule has 4 rings (SSSR count). The fourth-order valence-corrected chi connectivity index (χ4v) is 5.79. The molecule has 1 fully saturated rings. The summed E-state index contributed by atoms with van der Waals surface area (Å²) < 4.78 is 31.5. The van der Waals surface area contributed by atoms with Crippen molar-refractivity contribution in [2.45, 2.75) is 69.1 Å². The number of benzene rings is 3. The minimum Gasteiger partial charge on any atom is -0.497 e. The van der Waals surface area contributed by atoms with Crippen LogP contribution in [-0.2, 0) is 27.9 Å². The number of halogens is 1. The summed E-state index contributed by atoms with van der Waals surface area (Å²) in [5.74, 6) is 1.83. The van der Waals surface area contributed by atoms with E-state index in [9.17, 15) is 9.18 Å². The Morgan fingerprint density at radius 1 is 1.03 bits per heavy atom. The monoisotopic (exact) mass is 537 g/mol. The zero-order valence-corrected chi connectivity index (χ0v) is 23.6. The lowest BCUT2D eigenvalue weighted by atomic mass is 9.90. The van der Waals surface area contributed by atoms with Crippen molar-refractivity contribution >= 4 is 17.7 Å². The number of carbonyl (C=O) groups excluding carboxylic acids is 1. The number of methoxy groups -OCH3 is 1. The Morgan fingerprint density at radius 2 is 1.84 bits per heavy atom. The van der Waals surface area contributed by atoms with Crippen LogP contribution in [0.4, 0.5) is 4.39 Å². The maximum atomic E-state index is 14.8. The van der Waals surface area contributed by atoms with Gasteiger partial charge in [-0.05, 0) is 86.6 Å². The second-order valence-corrected chi connectivity index (χ2v) is 11.9. The number of rotatable bonds is 13. The molecule has 1 atom stereocenters. The van der Waals surface area contributed by atoms with Crippen LogP contribution in [0.2, 0.25) is 0 Å². The Labute approximate surface area is 229 Å². The van der Waals surface area contributed by atoms with Crippen molar-refractivity contribution in [2.75, 3.05) is 13.7 Å². The number of esters is 1. The fourth-order valence-electron chi connectivity index (χ4n) is 4.66. The topological polar surface area (TPSA) is 44.8 Å². The van der Waals surface area contributed by atoms with Crippen LogP contribution in [0.5, 0.6) is 11.5 Å². The van der Waals surface area contributed by atoms with Gasteiger partial charge in [-0.15, -0.1) is 0 Å². The van der Waals surface area contributed by atoms with Crippen molar-refractivity contribution < 1.29 is 23.4 Å². The van der Waals surface area contributed by atoms with Gasteiger partial charge in [0.25, 0.3) is 0 Å². The first-order valence-corrected chi connectivity index (χ1v) is 14.4. The molecule has 0 amide bonds. The van der Waals surface area contributed by atoms with Gasteiger partial charge in [-0.1, -0.05) is 31.0 Å². The predicted molar refractivity (Wildman–Crippen MR) is 153 cm³/mol. The van der Waals surface area contributed by atoms with Gasteiger partial charge in [-0.3, -0.25) is 4.79 Å². The molecule has 0 bridgehead atoms. The van der Waals surface area contributed by atoms with Crippen molar-refractivity contribution in [1.29, 1.82) is 0 Å². The minimum absolute atomic E-state index is 0.138. The quantitative estimate of drug-likeness (QED) is 0.129. The molecule has 0 aliphatic heterocycles. The van der Waals surface area contributed by atoms with Crippen molar-refractivity contribution in [3.8, 4) is 22.6 Å². The zero-order chi connectivity index (χ0) is 27.1. The molecular formula is C32H38FO4S+. The molecule has 4 nitrogen and oxygen atoms in total. The molecule has 1 aliphatic carbocycles. The maximum absolute atomic E-state index is 14.8. The molecule has 1 saturated carbocycles. The normalized spacial score (nSPS) is 13.8. The molecule has 3 aromatic rings. The Kier molecular flexibility index (Phi) is 9.73. The van der Waals surface area contributed by atoms with Crippen LogP contribution in [0.25, 0.3) is 11.1 Å². The summed E-state index contributed by atoms with van der Waals surface area (Å²) >= 11 is 1.12. The first kappa shape index (κ1) is 28.0. The first-order valence-electron chi connectivity index (χ1n) is 13.4. The van der Waals surface area contributed by atoms with Crippen LogP contribution in [0, 0.1) is 11.7 Å². The molecule has 6 heteroatoms. The summed E-state index contributed by atoms with van der Waals surface area (Å²) in [6, 6.07) is 19.0. The van der Waals surface area contributed by atoms with Gasteiger partial charge in [-0.2, -0.15) is 0 Å². The Balaban J connectivity index is 1.52. The van der Waals surface area contributed by atoms with E-state index in [0.717, 1.165) is 45.5 Å². The number of hydrogen-bond donors (Lipinski definition) is 0. The third kappa shape index (κ3) is 7.76. The Hall–Kier alpha value is -2.99. The molecule has 0 saturated heterocycles. The third-order valence-corrected chi connectivity index (χ3v) is 7.86. The Bertz CT molecular complexity index is 1240. The number of carbonyl (C=O) groups is 1. The highest BCUT2D eigenvalue weighted by Gasteiger charge is 2.28. The largest absolute Gasteiger partial charge is 0.497 e. The van der Waals surface area contributed by atoms with Crippen molar-refractivity contribution in [2.24, 2.45) is 5.92 Å². The molecule has 0 heterocycles. The second kappa shape index (κ2) is 13.2. The number of hydrogen-bond acceptors (Lipinski definition) is 4. The third-order valence-electron chi connectivity index (χ3n) is 6.69. The zero-order valence-electron chi connectivity index (χ0n) is 22.7. The molecule has 0 aromatic heterocycles. The predicted octanol–water partition coefficient (Wildman–Crippen LogP) is 7.50. The highest BCUT2D eigenvalue weighted by molar-refractivity contribution is 7.79. The summed E-state index contributed by atoms with van der Waals surface area (Å²) in [6.07, 6.45) is 3.88. The van der Waals surface area contributed by atoms with Crippen LogP contribution in [0.15, 0.2) is 65.6 Å². The molecule has 0 N–H and O–H groups in total. The molecule has 1 unspecified atom stereocenters. The van der Waals surface area contributed by atoms with E-state index in [1.807, 2.05) is 31.2 Å². The van der Waals surface area contributed by atoms with E-state index in [1.54, 1.807) is 19.2 Å². The second-order valence-electron chi connectivity index (χ2n) is 10.2. The molecular weight excluding hydrogens is 499 g/mol. The first-order chi connectivity index (χ1) is 18.4. The van der Waals surface area contributed by atoms with Crippen molar-refractivity contribution in [1.82, 2.24) is 0 Å². The SMILES string of the molecule is CCOC(=O)CC(CC1CC1)c1cccc(OCc2ccc(-c3cc(OC)ccc3F)c([SH+]C(C)C)c2)c1. The summed E-state index contributed by atoms with van der Waals surface area (Å²) in [7, 11) is 1.59. The molecule has 3 aromatic carbocycles. The maximum Gasteiger partial charge on any atom is 0.306 e. The lowest BCUT2D eigenvalue weighted by Gasteiger charge is -2.18. The van der Waals surface area contributed by atoms with E-state index >= 15 is 0 Å². The molecule has 0 spiro atoms. The lowest BCUT2D eigenvalue weighted by Crippen LogP contribution is -2.11. The number of thiol groups is 1. The summed E-state index contributed by atoms with van der Waals surface area (Å²) in [6.45, 7) is 6.94. The Morgan fingerprint density at radius 3 is 2.55 bits per heavy atom. The summed E-state index contributed by atoms with van der Waals surface area (Å²) in [5.41, 5.74) is 3.54. The average Bonchev–Trinajstić information content (AvgIpc) is 3.72. The molecule has 1 aliphatic rings.